The van der Waals surface area contributed by atoms with E-state index in [1.165, 1.54) is 0 Å². The maximum Gasteiger partial charge on any atom is 0.488 e. The van der Waals surface area contributed by atoms with Crippen LogP contribution in [-0.4, -0.2) is 28.0 Å². The van der Waals surface area contributed by atoms with Crippen LogP contribution in [0, 0.1) is 0 Å². The largest absolute Gasteiger partial charge is 0.488 e. The molecule has 0 radical (unpaired) electrons. The lowest BCUT2D eigenvalue weighted by molar-refractivity contribution is 0.0730. The average Bonchev–Trinajstić information content (AvgIpc) is 2.68. The minimum atomic E-state index is -1.54. The number of carbonyl (C=O) groups excluding carboxylic acids is 1. The van der Waals surface area contributed by atoms with Crippen molar-refractivity contribution in [2.24, 2.45) is 0 Å². The fourth-order valence-electron chi connectivity index (χ4n) is 2.79. The zero-order valence-electron chi connectivity index (χ0n) is 14.3. The minimum Gasteiger partial charge on any atom is -0.423 e. The molecular formula is C21H20BNO3. The molecule has 4 nitrogen and oxygen atoms in total. The van der Waals surface area contributed by atoms with Crippen LogP contribution in [0.25, 0.3) is 0 Å². The molecule has 0 aliphatic rings. The van der Waals surface area contributed by atoms with Crippen molar-refractivity contribution in [1.82, 2.24) is 4.90 Å². The number of hydrogen-bond acceptors (Lipinski definition) is 3. The molecule has 3 rings (SSSR count). The average molecular weight is 345 g/mol. The third kappa shape index (κ3) is 4.60. The summed E-state index contributed by atoms with van der Waals surface area (Å²) in [7, 11) is -1.54. The molecule has 0 atom stereocenters. The fraction of sp³-hybridized carbons (Fsp3) is 0.0952. The molecule has 26 heavy (non-hydrogen) atoms. The van der Waals surface area contributed by atoms with Crippen molar-refractivity contribution in [1.29, 1.82) is 0 Å². The van der Waals surface area contributed by atoms with Gasteiger partial charge >= 0.3 is 7.12 Å². The minimum absolute atomic E-state index is 0.100. The summed E-state index contributed by atoms with van der Waals surface area (Å²) in [6, 6.07) is 26.1. The number of hydrogen-bond donors (Lipinski definition) is 2. The Bertz CT molecular complexity index is 795. The molecule has 1 amide bonds. The van der Waals surface area contributed by atoms with E-state index >= 15 is 0 Å². The molecule has 0 heterocycles. The van der Waals surface area contributed by atoms with Gasteiger partial charge in [0.25, 0.3) is 5.91 Å². The predicted octanol–water partition coefficient (Wildman–Crippen LogP) is 2.21. The van der Waals surface area contributed by atoms with Crippen LogP contribution in [0.1, 0.15) is 21.5 Å². The highest BCUT2D eigenvalue weighted by atomic mass is 16.4. The number of nitrogens with zero attached hydrogens (tertiary/aromatic N) is 1. The van der Waals surface area contributed by atoms with Gasteiger partial charge in [-0.15, -0.1) is 0 Å². The predicted molar refractivity (Wildman–Crippen MR) is 103 cm³/mol. The molecular weight excluding hydrogens is 325 g/mol. The second-order valence-electron chi connectivity index (χ2n) is 6.13. The molecule has 0 aliphatic heterocycles. The van der Waals surface area contributed by atoms with Crippen LogP contribution >= 0.6 is 0 Å². The first-order chi connectivity index (χ1) is 12.6. The van der Waals surface area contributed by atoms with Crippen molar-refractivity contribution in [3.8, 4) is 0 Å². The Labute approximate surface area is 153 Å². The Balaban J connectivity index is 1.84. The van der Waals surface area contributed by atoms with Crippen molar-refractivity contribution < 1.29 is 14.8 Å². The van der Waals surface area contributed by atoms with Gasteiger partial charge in [0.2, 0.25) is 0 Å². The van der Waals surface area contributed by atoms with E-state index in [1.54, 1.807) is 29.2 Å². The number of benzene rings is 3. The zero-order chi connectivity index (χ0) is 18.4. The highest BCUT2D eigenvalue weighted by molar-refractivity contribution is 6.58. The monoisotopic (exact) mass is 345 g/mol. The van der Waals surface area contributed by atoms with Crippen LogP contribution in [-0.2, 0) is 13.1 Å². The van der Waals surface area contributed by atoms with Crippen molar-refractivity contribution in [2.45, 2.75) is 13.1 Å². The summed E-state index contributed by atoms with van der Waals surface area (Å²) in [4.78, 5) is 14.8. The molecule has 0 saturated heterocycles. The Kier molecular flexibility index (Phi) is 5.84. The summed E-state index contributed by atoms with van der Waals surface area (Å²) in [5, 5.41) is 18.4. The van der Waals surface area contributed by atoms with E-state index in [9.17, 15) is 14.8 Å². The second kappa shape index (κ2) is 8.47. The van der Waals surface area contributed by atoms with Gasteiger partial charge in [0.1, 0.15) is 0 Å². The van der Waals surface area contributed by atoms with Gasteiger partial charge < -0.3 is 14.9 Å². The molecule has 3 aromatic rings. The molecule has 3 aromatic carbocycles. The molecule has 0 fully saturated rings. The SMILES string of the molecule is O=C(c1ccc(B(O)O)cc1)N(Cc1ccccc1)Cc1ccccc1. The highest BCUT2D eigenvalue weighted by Crippen LogP contribution is 2.14. The maximum absolute atomic E-state index is 13.0. The van der Waals surface area contributed by atoms with E-state index in [1.807, 2.05) is 60.7 Å². The molecule has 0 aromatic heterocycles. The van der Waals surface area contributed by atoms with Gasteiger partial charge in [-0.2, -0.15) is 0 Å². The fourth-order valence-corrected chi connectivity index (χ4v) is 2.79. The molecule has 0 saturated carbocycles. The summed E-state index contributed by atoms with van der Waals surface area (Å²) in [5.74, 6) is -0.100. The first kappa shape index (κ1) is 17.9. The molecule has 130 valence electrons. The first-order valence-corrected chi connectivity index (χ1v) is 8.47. The Morgan fingerprint density at radius 2 is 1.19 bits per heavy atom. The van der Waals surface area contributed by atoms with Gasteiger partial charge in [-0.1, -0.05) is 72.8 Å². The summed E-state index contributed by atoms with van der Waals surface area (Å²) in [6.07, 6.45) is 0. The van der Waals surface area contributed by atoms with E-state index in [0.29, 0.717) is 24.1 Å². The van der Waals surface area contributed by atoms with Gasteiger partial charge in [-0.25, -0.2) is 0 Å². The van der Waals surface area contributed by atoms with Crippen molar-refractivity contribution >= 4 is 18.5 Å². The lowest BCUT2D eigenvalue weighted by atomic mass is 9.80. The number of carbonyl (C=O) groups is 1. The van der Waals surface area contributed by atoms with Gasteiger partial charge in [0.05, 0.1) is 0 Å². The lowest BCUT2D eigenvalue weighted by Gasteiger charge is -2.23. The van der Waals surface area contributed by atoms with E-state index in [2.05, 4.69) is 0 Å². The van der Waals surface area contributed by atoms with Crippen LogP contribution in [0.2, 0.25) is 0 Å². The molecule has 0 spiro atoms. The molecule has 5 heteroatoms. The Morgan fingerprint density at radius 1 is 0.731 bits per heavy atom. The highest BCUT2D eigenvalue weighted by Gasteiger charge is 2.18. The van der Waals surface area contributed by atoms with Crippen molar-refractivity contribution in [3.63, 3.8) is 0 Å². The second-order valence-corrected chi connectivity index (χ2v) is 6.13. The van der Waals surface area contributed by atoms with Crippen LogP contribution in [0.4, 0.5) is 0 Å². The van der Waals surface area contributed by atoms with Gasteiger partial charge in [-0.05, 0) is 28.7 Å². The molecule has 0 unspecified atom stereocenters. The molecule has 0 aliphatic carbocycles. The number of amides is 1. The van der Waals surface area contributed by atoms with Crippen LogP contribution in [0.5, 0.6) is 0 Å². The summed E-state index contributed by atoms with van der Waals surface area (Å²) >= 11 is 0. The van der Waals surface area contributed by atoms with Crippen LogP contribution in [0.15, 0.2) is 84.9 Å². The summed E-state index contributed by atoms with van der Waals surface area (Å²) in [5.41, 5.74) is 2.99. The summed E-state index contributed by atoms with van der Waals surface area (Å²) < 4.78 is 0. The van der Waals surface area contributed by atoms with Crippen molar-refractivity contribution in [3.05, 3.63) is 102 Å². The maximum atomic E-state index is 13.0. The first-order valence-electron chi connectivity index (χ1n) is 8.47. The topological polar surface area (TPSA) is 60.8 Å². The Hall–Kier alpha value is -2.89. The van der Waals surface area contributed by atoms with Crippen LogP contribution in [0.3, 0.4) is 0 Å². The lowest BCUT2D eigenvalue weighted by Crippen LogP contribution is -2.32. The smallest absolute Gasteiger partial charge is 0.423 e. The quantitative estimate of drug-likeness (QED) is 0.674. The van der Waals surface area contributed by atoms with E-state index < -0.39 is 7.12 Å². The van der Waals surface area contributed by atoms with E-state index in [-0.39, 0.29) is 5.91 Å². The Morgan fingerprint density at radius 3 is 1.62 bits per heavy atom. The molecule has 0 bridgehead atoms. The van der Waals surface area contributed by atoms with Crippen LogP contribution < -0.4 is 5.46 Å². The standard InChI is InChI=1S/C21H20BNO3/c24-21(19-11-13-20(14-12-19)22(25)26)23(15-17-7-3-1-4-8-17)16-18-9-5-2-6-10-18/h1-14,25-26H,15-16H2. The van der Waals surface area contributed by atoms with Gasteiger partial charge in [0.15, 0.2) is 0 Å². The normalized spacial score (nSPS) is 10.4. The van der Waals surface area contributed by atoms with Gasteiger partial charge in [0, 0.05) is 18.7 Å². The van der Waals surface area contributed by atoms with E-state index in [4.69, 9.17) is 0 Å². The van der Waals surface area contributed by atoms with Crippen molar-refractivity contribution in [2.75, 3.05) is 0 Å². The molecule has 2 N–H and O–H groups in total. The third-order valence-corrected chi connectivity index (χ3v) is 4.18. The van der Waals surface area contributed by atoms with Gasteiger partial charge in [-0.3, -0.25) is 4.79 Å². The van der Waals surface area contributed by atoms with E-state index in [0.717, 1.165) is 11.1 Å². The zero-order valence-corrected chi connectivity index (χ0v) is 14.3. The summed E-state index contributed by atoms with van der Waals surface area (Å²) in [6.45, 7) is 0.998. The number of rotatable bonds is 6. The third-order valence-electron chi connectivity index (χ3n) is 4.18.